The molecule has 1 fully saturated rings. The van der Waals surface area contributed by atoms with Gasteiger partial charge in [-0.1, -0.05) is 30.9 Å². The second-order valence-electron chi connectivity index (χ2n) is 5.46. The minimum Gasteiger partial charge on any atom is -0.366 e. The number of hydrogen-bond donors (Lipinski definition) is 3. The minimum atomic E-state index is -0.562. The van der Waals surface area contributed by atoms with Crippen molar-refractivity contribution in [2.75, 3.05) is 5.32 Å². The average Bonchev–Trinajstić information content (AvgIpc) is 2.65. The van der Waals surface area contributed by atoms with E-state index in [1.54, 1.807) is 6.07 Å². The number of carbonyl (C=O) groups is 2. The van der Waals surface area contributed by atoms with E-state index in [2.05, 4.69) is 5.32 Å². The van der Waals surface area contributed by atoms with Crippen molar-refractivity contribution in [2.45, 2.75) is 38.1 Å². The van der Waals surface area contributed by atoms with Crippen molar-refractivity contribution in [3.63, 3.8) is 0 Å². The summed E-state index contributed by atoms with van der Waals surface area (Å²) in [5.41, 5.74) is 12.0. The van der Waals surface area contributed by atoms with Gasteiger partial charge in [0.15, 0.2) is 0 Å². The molecule has 0 saturated heterocycles. The summed E-state index contributed by atoms with van der Waals surface area (Å²) in [6.07, 6.45) is 4.80. The van der Waals surface area contributed by atoms with Gasteiger partial charge in [0, 0.05) is 11.6 Å². The van der Waals surface area contributed by atoms with E-state index in [4.69, 9.17) is 23.1 Å². The zero-order valence-corrected chi connectivity index (χ0v) is 12.5. The molecule has 1 aromatic rings. The number of anilines is 1. The molecule has 2 rings (SSSR count). The highest BCUT2D eigenvalue weighted by molar-refractivity contribution is 6.33. The molecule has 114 valence electrons. The average molecular weight is 310 g/mol. The van der Waals surface area contributed by atoms with Gasteiger partial charge in [-0.15, -0.1) is 0 Å². The SMILES string of the molecule is NC(=O)c1ccc(Cl)c(NC(=O)C2CCCCCC2N)c1. The largest absolute Gasteiger partial charge is 0.366 e. The Hall–Kier alpha value is -1.59. The normalized spacial score (nSPS) is 22.4. The summed E-state index contributed by atoms with van der Waals surface area (Å²) in [5.74, 6) is -0.929. The van der Waals surface area contributed by atoms with Crippen LogP contribution in [-0.4, -0.2) is 17.9 Å². The van der Waals surface area contributed by atoms with Gasteiger partial charge in [0.05, 0.1) is 16.6 Å². The Kier molecular flexibility index (Phi) is 5.20. The lowest BCUT2D eigenvalue weighted by molar-refractivity contribution is -0.120. The molecule has 1 aromatic carbocycles. The van der Waals surface area contributed by atoms with Crippen LogP contribution in [0.25, 0.3) is 0 Å². The second kappa shape index (κ2) is 6.91. The van der Waals surface area contributed by atoms with E-state index in [-0.39, 0.29) is 17.9 Å². The van der Waals surface area contributed by atoms with E-state index in [0.717, 1.165) is 32.1 Å². The Balaban J connectivity index is 2.14. The highest BCUT2D eigenvalue weighted by Crippen LogP contribution is 2.27. The van der Waals surface area contributed by atoms with Crippen LogP contribution in [-0.2, 0) is 4.79 Å². The van der Waals surface area contributed by atoms with Crippen LogP contribution in [0.1, 0.15) is 42.5 Å². The number of nitrogens with one attached hydrogen (secondary N) is 1. The monoisotopic (exact) mass is 309 g/mol. The Morgan fingerprint density at radius 1 is 1.19 bits per heavy atom. The molecule has 21 heavy (non-hydrogen) atoms. The van der Waals surface area contributed by atoms with Crippen molar-refractivity contribution in [1.82, 2.24) is 0 Å². The van der Waals surface area contributed by atoms with Crippen LogP contribution in [0.15, 0.2) is 18.2 Å². The third-order valence-corrected chi connectivity index (χ3v) is 4.24. The number of rotatable bonds is 3. The van der Waals surface area contributed by atoms with Crippen LogP contribution in [0.4, 0.5) is 5.69 Å². The van der Waals surface area contributed by atoms with E-state index < -0.39 is 5.91 Å². The van der Waals surface area contributed by atoms with Gasteiger partial charge in [0.25, 0.3) is 0 Å². The Bertz CT molecular complexity index is 548. The highest BCUT2D eigenvalue weighted by Gasteiger charge is 2.27. The number of benzene rings is 1. The Morgan fingerprint density at radius 2 is 1.90 bits per heavy atom. The molecule has 0 radical (unpaired) electrons. The maximum absolute atomic E-state index is 12.4. The van der Waals surface area contributed by atoms with Crippen LogP contribution in [0, 0.1) is 5.92 Å². The lowest BCUT2D eigenvalue weighted by atomic mass is 9.94. The molecule has 0 aromatic heterocycles. The number of nitrogens with two attached hydrogens (primary N) is 2. The van der Waals surface area contributed by atoms with E-state index in [1.165, 1.54) is 12.1 Å². The van der Waals surface area contributed by atoms with Gasteiger partial charge in [-0.05, 0) is 31.0 Å². The number of amides is 2. The molecule has 5 N–H and O–H groups in total. The van der Waals surface area contributed by atoms with Crippen LogP contribution in [0.5, 0.6) is 0 Å². The molecule has 2 amide bonds. The molecule has 2 atom stereocenters. The molecular weight excluding hydrogens is 290 g/mol. The molecule has 6 heteroatoms. The van der Waals surface area contributed by atoms with Crippen molar-refractivity contribution in [1.29, 1.82) is 0 Å². The lowest BCUT2D eigenvalue weighted by Crippen LogP contribution is -2.37. The van der Waals surface area contributed by atoms with Crippen molar-refractivity contribution in [3.05, 3.63) is 28.8 Å². The standard InChI is InChI=1S/C15H20ClN3O2/c16-11-7-6-9(14(18)20)8-13(11)19-15(21)10-4-2-1-3-5-12(10)17/h6-8,10,12H,1-5,17H2,(H2,18,20)(H,19,21). The molecule has 1 saturated carbocycles. The predicted octanol–water partition coefficient (Wildman–Crippen LogP) is 2.29. The van der Waals surface area contributed by atoms with Crippen molar-refractivity contribution in [2.24, 2.45) is 17.4 Å². The fourth-order valence-electron chi connectivity index (χ4n) is 2.66. The summed E-state index contributed by atoms with van der Waals surface area (Å²) >= 11 is 6.05. The van der Waals surface area contributed by atoms with Crippen molar-refractivity contribution < 1.29 is 9.59 Å². The first-order valence-corrected chi connectivity index (χ1v) is 7.52. The first kappa shape index (κ1) is 15.8. The van der Waals surface area contributed by atoms with Gasteiger partial charge in [-0.3, -0.25) is 9.59 Å². The number of carbonyl (C=O) groups excluding carboxylic acids is 2. The molecule has 0 spiro atoms. The first-order valence-electron chi connectivity index (χ1n) is 7.15. The number of primary amides is 1. The molecular formula is C15H20ClN3O2. The van der Waals surface area contributed by atoms with E-state index >= 15 is 0 Å². The molecule has 5 nitrogen and oxygen atoms in total. The summed E-state index contributed by atoms with van der Waals surface area (Å²) in [5, 5.41) is 3.15. The van der Waals surface area contributed by atoms with Crippen molar-refractivity contribution in [3.8, 4) is 0 Å². The zero-order valence-electron chi connectivity index (χ0n) is 11.8. The van der Waals surface area contributed by atoms with Crippen LogP contribution in [0.2, 0.25) is 5.02 Å². The second-order valence-corrected chi connectivity index (χ2v) is 5.86. The molecule has 0 bridgehead atoms. The summed E-state index contributed by atoms with van der Waals surface area (Å²) in [4.78, 5) is 23.6. The quantitative estimate of drug-likeness (QED) is 0.747. The van der Waals surface area contributed by atoms with Crippen LogP contribution < -0.4 is 16.8 Å². The van der Waals surface area contributed by atoms with Gasteiger partial charge >= 0.3 is 0 Å². The number of hydrogen-bond acceptors (Lipinski definition) is 3. The van der Waals surface area contributed by atoms with Gasteiger partial charge in [-0.25, -0.2) is 0 Å². The maximum Gasteiger partial charge on any atom is 0.248 e. The fourth-order valence-corrected chi connectivity index (χ4v) is 2.83. The van der Waals surface area contributed by atoms with E-state index in [1.807, 2.05) is 0 Å². The summed E-state index contributed by atoms with van der Waals surface area (Å²) in [6.45, 7) is 0. The third kappa shape index (κ3) is 3.95. The van der Waals surface area contributed by atoms with Crippen molar-refractivity contribution >= 4 is 29.1 Å². The van der Waals surface area contributed by atoms with E-state index in [0.29, 0.717) is 16.3 Å². The van der Waals surface area contributed by atoms with Gasteiger partial charge in [0.1, 0.15) is 0 Å². The molecule has 2 unspecified atom stereocenters. The lowest BCUT2D eigenvalue weighted by Gasteiger charge is -2.21. The van der Waals surface area contributed by atoms with Crippen LogP contribution >= 0.6 is 11.6 Å². The smallest absolute Gasteiger partial charge is 0.248 e. The minimum absolute atomic E-state index is 0.134. The Morgan fingerprint density at radius 3 is 2.62 bits per heavy atom. The Labute approximate surface area is 129 Å². The predicted molar refractivity (Wildman–Crippen MR) is 83.2 cm³/mol. The van der Waals surface area contributed by atoms with Gasteiger partial charge < -0.3 is 16.8 Å². The maximum atomic E-state index is 12.4. The first-order chi connectivity index (χ1) is 9.99. The van der Waals surface area contributed by atoms with Gasteiger partial charge in [0.2, 0.25) is 11.8 Å². The summed E-state index contributed by atoms with van der Waals surface area (Å²) in [7, 11) is 0. The fraction of sp³-hybridized carbons (Fsp3) is 0.467. The summed E-state index contributed by atoms with van der Waals surface area (Å²) in [6, 6.07) is 4.43. The molecule has 0 aliphatic heterocycles. The highest BCUT2D eigenvalue weighted by atomic mass is 35.5. The van der Waals surface area contributed by atoms with Gasteiger partial charge in [-0.2, -0.15) is 0 Å². The summed E-state index contributed by atoms with van der Waals surface area (Å²) < 4.78 is 0. The molecule has 1 aliphatic carbocycles. The van der Waals surface area contributed by atoms with Crippen LogP contribution in [0.3, 0.4) is 0 Å². The van der Waals surface area contributed by atoms with E-state index in [9.17, 15) is 9.59 Å². The topological polar surface area (TPSA) is 98.2 Å². The zero-order chi connectivity index (χ0) is 15.4. The molecule has 1 aliphatic rings. The molecule has 0 heterocycles. The third-order valence-electron chi connectivity index (χ3n) is 3.91. The number of halogens is 1.